The molecule has 1 aromatic heterocycles. The van der Waals surface area contributed by atoms with Crippen LogP contribution in [0.4, 0.5) is 0 Å². The van der Waals surface area contributed by atoms with Gasteiger partial charge in [-0.15, -0.1) is 0 Å². The topological polar surface area (TPSA) is 50.3 Å². The quantitative estimate of drug-likeness (QED) is 0.753. The second-order valence-corrected chi connectivity index (χ2v) is 4.67. The molecule has 0 aliphatic carbocycles. The van der Waals surface area contributed by atoms with Gasteiger partial charge in [0, 0.05) is 71.2 Å². The maximum Gasteiger partial charge on any atom is 0.0492 e. The average Bonchev–Trinajstić information content (AvgIpc) is 2.75. The summed E-state index contributed by atoms with van der Waals surface area (Å²) in [5.74, 6) is 0. The molecule has 0 aromatic carbocycles. The van der Waals surface area contributed by atoms with Gasteiger partial charge in [0.15, 0.2) is 0 Å². The molecule has 1 aliphatic heterocycles. The second kappa shape index (κ2) is 6.14. The molecule has 2 N–H and O–H groups in total. The van der Waals surface area contributed by atoms with E-state index in [0.717, 1.165) is 52.2 Å². The first-order valence-corrected chi connectivity index (χ1v) is 6.41. The fourth-order valence-corrected chi connectivity index (χ4v) is 2.34. The van der Waals surface area contributed by atoms with E-state index in [9.17, 15) is 0 Å². The van der Waals surface area contributed by atoms with Gasteiger partial charge >= 0.3 is 0 Å². The van der Waals surface area contributed by atoms with Crippen molar-refractivity contribution in [1.29, 1.82) is 0 Å². The Kier molecular flexibility index (Phi) is 4.53. The Morgan fingerprint density at radius 3 is 2.35 bits per heavy atom. The first-order chi connectivity index (χ1) is 8.29. The molecule has 0 bridgehead atoms. The van der Waals surface area contributed by atoms with Crippen molar-refractivity contribution in [2.24, 2.45) is 12.8 Å². The summed E-state index contributed by atoms with van der Waals surface area (Å²) >= 11 is 0. The van der Waals surface area contributed by atoms with Crippen LogP contribution in [0.3, 0.4) is 0 Å². The van der Waals surface area contributed by atoms with Gasteiger partial charge in [-0.1, -0.05) is 0 Å². The van der Waals surface area contributed by atoms with Crippen molar-refractivity contribution in [2.45, 2.75) is 6.42 Å². The number of rotatable bonds is 5. The maximum absolute atomic E-state index is 5.57. The highest BCUT2D eigenvalue weighted by Crippen LogP contribution is 2.04. The van der Waals surface area contributed by atoms with Crippen molar-refractivity contribution in [3.63, 3.8) is 0 Å². The van der Waals surface area contributed by atoms with E-state index in [1.165, 1.54) is 5.69 Å². The van der Waals surface area contributed by atoms with Crippen molar-refractivity contribution in [2.75, 3.05) is 45.8 Å². The SMILES string of the molecule is Cn1nccc1CCN1CCN(CCN)CC1. The third-order valence-corrected chi connectivity index (χ3v) is 3.52. The lowest BCUT2D eigenvalue weighted by atomic mass is 10.2. The normalized spacial score (nSPS) is 18.7. The molecule has 0 amide bonds. The number of hydrogen-bond donors (Lipinski definition) is 1. The zero-order valence-corrected chi connectivity index (χ0v) is 10.7. The van der Waals surface area contributed by atoms with Gasteiger partial charge in [-0.25, -0.2) is 0 Å². The summed E-state index contributed by atoms with van der Waals surface area (Å²) in [5, 5.41) is 4.19. The van der Waals surface area contributed by atoms with Crippen LogP contribution in [0.1, 0.15) is 5.69 Å². The van der Waals surface area contributed by atoms with Crippen molar-refractivity contribution in [3.8, 4) is 0 Å². The minimum atomic E-state index is 0.773. The van der Waals surface area contributed by atoms with E-state index < -0.39 is 0 Å². The monoisotopic (exact) mass is 237 g/mol. The number of hydrogen-bond acceptors (Lipinski definition) is 4. The van der Waals surface area contributed by atoms with E-state index in [2.05, 4.69) is 21.0 Å². The third kappa shape index (κ3) is 3.52. The van der Waals surface area contributed by atoms with E-state index in [0.29, 0.717) is 0 Å². The first kappa shape index (κ1) is 12.5. The molecule has 5 heteroatoms. The van der Waals surface area contributed by atoms with Gasteiger partial charge in [0.05, 0.1) is 0 Å². The fourth-order valence-electron chi connectivity index (χ4n) is 2.34. The Morgan fingerprint density at radius 2 is 1.82 bits per heavy atom. The lowest BCUT2D eigenvalue weighted by molar-refractivity contribution is 0.136. The van der Waals surface area contributed by atoms with E-state index in [4.69, 9.17) is 5.73 Å². The van der Waals surface area contributed by atoms with Crippen LogP contribution in [-0.4, -0.2) is 65.4 Å². The van der Waals surface area contributed by atoms with Crippen molar-refractivity contribution in [1.82, 2.24) is 19.6 Å². The summed E-state index contributed by atoms with van der Waals surface area (Å²) in [6.45, 7) is 7.58. The Hall–Kier alpha value is -0.910. The molecular weight excluding hydrogens is 214 g/mol. The van der Waals surface area contributed by atoms with Crippen LogP contribution in [0.25, 0.3) is 0 Å². The number of nitrogens with two attached hydrogens (primary N) is 1. The van der Waals surface area contributed by atoms with Crippen LogP contribution in [-0.2, 0) is 13.5 Å². The Bertz CT molecular complexity index is 327. The molecule has 0 atom stereocenters. The van der Waals surface area contributed by atoms with Crippen LogP contribution in [0.2, 0.25) is 0 Å². The van der Waals surface area contributed by atoms with Crippen molar-refractivity contribution in [3.05, 3.63) is 18.0 Å². The predicted octanol–water partition coefficient (Wildman–Crippen LogP) is -0.461. The van der Waals surface area contributed by atoms with Crippen LogP contribution in [0, 0.1) is 0 Å². The number of aryl methyl sites for hydroxylation is 1. The molecule has 2 heterocycles. The highest BCUT2D eigenvalue weighted by Gasteiger charge is 2.15. The molecule has 1 fully saturated rings. The van der Waals surface area contributed by atoms with Gasteiger partial charge in [-0.2, -0.15) is 5.10 Å². The lowest BCUT2D eigenvalue weighted by Crippen LogP contribution is -2.48. The van der Waals surface area contributed by atoms with Crippen LogP contribution >= 0.6 is 0 Å². The summed E-state index contributed by atoms with van der Waals surface area (Å²) in [6, 6.07) is 2.10. The van der Waals surface area contributed by atoms with Gasteiger partial charge in [-0.3, -0.25) is 9.58 Å². The molecule has 1 saturated heterocycles. The van der Waals surface area contributed by atoms with Crippen LogP contribution < -0.4 is 5.73 Å². The summed E-state index contributed by atoms with van der Waals surface area (Å²) in [5.41, 5.74) is 6.88. The van der Waals surface area contributed by atoms with Crippen LogP contribution in [0.5, 0.6) is 0 Å². The number of piperazine rings is 1. The molecule has 5 nitrogen and oxygen atoms in total. The minimum absolute atomic E-state index is 0.773. The Morgan fingerprint density at radius 1 is 1.18 bits per heavy atom. The third-order valence-electron chi connectivity index (χ3n) is 3.52. The largest absolute Gasteiger partial charge is 0.329 e. The highest BCUT2D eigenvalue weighted by atomic mass is 15.3. The molecule has 0 spiro atoms. The second-order valence-electron chi connectivity index (χ2n) is 4.67. The summed E-state index contributed by atoms with van der Waals surface area (Å²) < 4.78 is 1.96. The molecule has 96 valence electrons. The number of nitrogens with zero attached hydrogens (tertiary/aromatic N) is 4. The molecule has 1 aliphatic rings. The van der Waals surface area contributed by atoms with E-state index >= 15 is 0 Å². The smallest absolute Gasteiger partial charge is 0.0492 e. The van der Waals surface area contributed by atoms with E-state index in [1.807, 2.05) is 17.9 Å². The van der Waals surface area contributed by atoms with Crippen molar-refractivity contribution >= 4 is 0 Å². The van der Waals surface area contributed by atoms with Crippen molar-refractivity contribution < 1.29 is 0 Å². The molecule has 17 heavy (non-hydrogen) atoms. The van der Waals surface area contributed by atoms with Gasteiger partial charge in [0.1, 0.15) is 0 Å². The summed E-state index contributed by atoms with van der Waals surface area (Å²) in [6.07, 6.45) is 2.96. The highest BCUT2D eigenvalue weighted by molar-refractivity contribution is 5.00. The minimum Gasteiger partial charge on any atom is -0.329 e. The molecule has 0 radical (unpaired) electrons. The van der Waals surface area contributed by atoms with E-state index in [-0.39, 0.29) is 0 Å². The standard InChI is InChI=1S/C12H23N5/c1-15-12(2-5-14-15)3-6-16-8-10-17(7-4-13)11-9-16/h2,5H,3-4,6-11,13H2,1H3. The lowest BCUT2D eigenvalue weighted by Gasteiger charge is -2.34. The zero-order valence-electron chi connectivity index (χ0n) is 10.7. The first-order valence-electron chi connectivity index (χ1n) is 6.41. The maximum atomic E-state index is 5.57. The number of aromatic nitrogens is 2. The molecule has 0 saturated carbocycles. The molecule has 2 rings (SSSR count). The van der Waals surface area contributed by atoms with Gasteiger partial charge in [0.25, 0.3) is 0 Å². The fraction of sp³-hybridized carbons (Fsp3) is 0.750. The summed E-state index contributed by atoms with van der Waals surface area (Å²) in [4.78, 5) is 4.97. The zero-order chi connectivity index (χ0) is 12.1. The van der Waals surface area contributed by atoms with Crippen LogP contribution in [0.15, 0.2) is 12.3 Å². The predicted molar refractivity (Wildman–Crippen MR) is 68.8 cm³/mol. The Balaban J connectivity index is 1.70. The Labute approximate surface area is 103 Å². The van der Waals surface area contributed by atoms with E-state index in [1.54, 1.807) is 0 Å². The van der Waals surface area contributed by atoms with Gasteiger partial charge < -0.3 is 10.6 Å². The molecule has 0 unspecified atom stereocenters. The van der Waals surface area contributed by atoms with Gasteiger partial charge in [-0.05, 0) is 6.07 Å². The summed E-state index contributed by atoms with van der Waals surface area (Å²) in [7, 11) is 2.01. The molecule has 1 aromatic rings. The molecular formula is C12H23N5. The van der Waals surface area contributed by atoms with Gasteiger partial charge in [0.2, 0.25) is 0 Å². The average molecular weight is 237 g/mol.